The SMILES string of the molecule is COc1cc(CNC(=O)C(c2ccccc2)N(C)S(C)(=O)=O)ccc1OC(C)C. The molecule has 29 heavy (non-hydrogen) atoms. The fourth-order valence-corrected chi connectivity index (χ4v) is 3.41. The van der Waals surface area contributed by atoms with Gasteiger partial charge in [-0.3, -0.25) is 4.79 Å². The molecule has 0 saturated heterocycles. The number of methoxy groups -OCH3 is 1. The minimum Gasteiger partial charge on any atom is -0.493 e. The largest absolute Gasteiger partial charge is 0.493 e. The average Bonchev–Trinajstić information content (AvgIpc) is 2.67. The molecule has 0 aliphatic carbocycles. The molecule has 0 aliphatic heterocycles. The number of carbonyl (C=O) groups excluding carboxylic acids is 1. The Bertz CT molecular complexity index is 929. The van der Waals surface area contributed by atoms with Crippen LogP contribution in [0.3, 0.4) is 0 Å². The number of rotatable bonds is 9. The third kappa shape index (κ3) is 6.20. The lowest BCUT2D eigenvalue weighted by atomic mass is 10.1. The van der Waals surface area contributed by atoms with Crippen molar-refractivity contribution in [1.82, 2.24) is 9.62 Å². The highest BCUT2D eigenvalue weighted by Crippen LogP contribution is 2.29. The van der Waals surface area contributed by atoms with Crippen molar-refractivity contribution in [3.05, 3.63) is 59.7 Å². The molecule has 2 aromatic carbocycles. The maximum absolute atomic E-state index is 12.9. The predicted octanol–water partition coefficient (Wildman–Crippen LogP) is 2.73. The van der Waals surface area contributed by atoms with Crippen LogP contribution in [0.1, 0.15) is 31.0 Å². The molecule has 0 spiro atoms. The zero-order valence-electron chi connectivity index (χ0n) is 17.4. The second-order valence-corrected chi connectivity index (χ2v) is 9.00. The van der Waals surface area contributed by atoms with Crippen molar-refractivity contribution in [2.75, 3.05) is 20.4 Å². The van der Waals surface area contributed by atoms with Crippen molar-refractivity contribution >= 4 is 15.9 Å². The number of nitrogens with zero attached hydrogens (tertiary/aromatic N) is 1. The van der Waals surface area contributed by atoms with Gasteiger partial charge in [0.25, 0.3) is 0 Å². The fraction of sp³-hybridized carbons (Fsp3) is 0.381. The smallest absolute Gasteiger partial charge is 0.243 e. The number of sulfonamides is 1. The number of hydrogen-bond donors (Lipinski definition) is 1. The molecule has 2 rings (SSSR count). The Balaban J connectivity index is 2.20. The molecule has 0 bridgehead atoms. The van der Waals surface area contributed by atoms with E-state index in [1.165, 1.54) is 7.05 Å². The highest BCUT2D eigenvalue weighted by atomic mass is 32.2. The van der Waals surface area contributed by atoms with E-state index in [0.29, 0.717) is 17.1 Å². The number of amides is 1. The Hall–Kier alpha value is -2.58. The first kappa shape index (κ1) is 22.7. The minimum absolute atomic E-state index is 0.00705. The topological polar surface area (TPSA) is 84.9 Å². The van der Waals surface area contributed by atoms with Gasteiger partial charge in [-0.05, 0) is 37.1 Å². The summed E-state index contributed by atoms with van der Waals surface area (Å²) in [7, 11) is -0.621. The van der Waals surface area contributed by atoms with E-state index in [-0.39, 0.29) is 12.6 Å². The van der Waals surface area contributed by atoms with E-state index in [9.17, 15) is 13.2 Å². The van der Waals surface area contributed by atoms with E-state index < -0.39 is 22.0 Å². The second kappa shape index (κ2) is 9.76. The van der Waals surface area contributed by atoms with Gasteiger partial charge in [0, 0.05) is 13.6 Å². The number of hydrogen-bond acceptors (Lipinski definition) is 5. The van der Waals surface area contributed by atoms with E-state index in [0.717, 1.165) is 16.1 Å². The number of benzene rings is 2. The van der Waals surface area contributed by atoms with Crippen LogP contribution in [-0.4, -0.2) is 45.1 Å². The lowest BCUT2D eigenvalue weighted by Gasteiger charge is -2.25. The normalized spacial score (nSPS) is 12.7. The third-order valence-corrected chi connectivity index (χ3v) is 5.56. The van der Waals surface area contributed by atoms with Gasteiger partial charge in [0.15, 0.2) is 11.5 Å². The van der Waals surface area contributed by atoms with Crippen molar-refractivity contribution in [2.45, 2.75) is 32.5 Å². The third-order valence-electron chi connectivity index (χ3n) is 4.31. The maximum atomic E-state index is 12.9. The van der Waals surface area contributed by atoms with Crippen LogP contribution in [0.2, 0.25) is 0 Å². The highest BCUT2D eigenvalue weighted by molar-refractivity contribution is 7.88. The van der Waals surface area contributed by atoms with Gasteiger partial charge in [-0.25, -0.2) is 8.42 Å². The molecule has 7 nitrogen and oxygen atoms in total. The van der Waals surface area contributed by atoms with E-state index >= 15 is 0 Å². The number of likely N-dealkylation sites (N-methyl/N-ethyl adjacent to an activating group) is 1. The molecular weight excluding hydrogens is 392 g/mol. The van der Waals surface area contributed by atoms with Crippen LogP contribution in [0.5, 0.6) is 11.5 Å². The summed E-state index contributed by atoms with van der Waals surface area (Å²) in [6, 6.07) is 13.3. The summed E-state index contributed by atoms with van der Waals surface area (Å²) in [5, 5.41) is 2.82. The Morgan fingerprint density at radius 1 is 1.10 bits per heavy atom. The standard InChI is InChI=1S/C21H28N2O5S/c1-15(2)28-18-12-11-16(13-19(18)27-4)14-22-21(24)20(23(3)29(5,25)26)17-9-7-6-8-10-17/h6-13,15,20H,14H2,1-5H3,(H,22,24). The molecule has 1 atom stereocenters. The summed E-state index contributed by atoms with van der Waals surface area (Å²) in [6.45, 7) is 4.07. The molecule has 0 fully saturated rings. The molecule has 158 valence electrons. The molecule has 0 heterocycles. The molecule has 0 saturated carbocycles. The van der Waals surface area contributed by atoms with Crippen molar-refractivity contribution in [3.8, 4) is 11.5 Å². The van der Waals surface area contributed by atoms with Gasteiger partial charge < -0.3 is 14.8 Å². The lowest BCUT2D eigenvalue weighted by Crippen LogP contribution is -2.41. The fourth-order valence-electron chi connectivity index (χ4n) is 2.81. The zero-order valence-corrected chi connectivity index (χ0v) is 18.2. The van der Waals surface area contributed by atoms with Gasteiger partial charge in [0.05, 0.1) is 19.5 Å². The van der Waals surface area contributed by atoms with E-state index in [4.69, 9.17) is 9.47 Å². The molecule has 1 unspecified atom stereocenters. The van der Waals surface area contributed by atoms with Crippen molar-refractivity contribution in [1.29, 1.82) is 0 Å². The van der Waals surface area contributed by atoms with Gasteiger partial charge in [-0.15, -0.1) is 0 Å². The van der Waals surface area contributed by atoms with Crippen molar-refractivity contribution in [3.63, 3.8) is 0 Å². The first-order valence-electron chi connectivity index (χ1n) is 9.22. The number of carbonyl (C=O) groups is 1. The van der Waals surface area contributed by atoms with Gasteiger partial charge in [0.1, 0.15) is 6.04 Å². The number of ether oxygens (including phenoxy) is 2. The summed E-state index contributed by atoms with van der Waals surface area (Å²) in [6.07, 6.45) is 1.08. The van der Waals surface area contributed by atoms with Gasteiger partial charge in [-0.1, -0.05) is 36.4 Å². The molecule has 8 heteroatoms. The van der Waals surface area contributed by atoms with Crippen LogP contribution in [0.25, 0.3) is 0 Å². The molecular formula is C21H28N2O5S. The first-order chi connectivity index (χ1) is 13.6. The summed E-state index contributed by atoms with van der Waals surface area (Å²) >= 11 is 0. The van der Waals surface area contributed by atoms with Crippen molar-refractivity contribution in [2.24, 2.45) is 0 Å². The highest BCUT2D eigenvalue weighted by Gasteiger charge is 2.30. The van der Waals surface area contributed by atoms with E-state index in [1.54, 1.807) is 43.5 Å². The van der Waals surface area contributed by atoms with Gasteiger partial charge in [-0.2, -0.15) is 4.31 Å². The molecule has 0 aromatic heterocycles. The van der Waals surface area contributed by atoms with Crippen LogP contribution < -0.4 is 14.8 Å². The Labute approximate surface area is 172 Å². The summed E-state index contributed by atoms with van der Waals surface area (Å²) in [4.78, 5) is 12.9. The monoisotopic (exact) mass is 420 g/mol. The van der Waals surface area contributed by atoms with Crippen LogP contribution in [-0.2, 0) is 21.4 Å². The summed E-state index contributed by atoms with van der Waals surface area (Å²) in [5.41, 5.74) is 1.40. The Morgan fingerprint density at radius 3 is 2.31 bits per heavy atom. The quantitative estimate of drug-likeness (QED) is 0.674. The maximum Gasteiger partial charge on any atom is 0.243 e. The summed E-state index contributed by atoms with van der Waals surface area (Å²) in [5.74, 6) is 0.778. The Morgan fingerprint density at radius 2 is 1.76 bits per heavy atom. The van der Waals surface area contributed by atoms with Gasteiger partial charge >= 0.3 is 0 Å². The molecule has 1 amide bonds. The lowest BCUT2D eigenvalue weighted by molar-refractivity contribution is -0.124. The van der Waals surface area contributed by atoms with Gasteiger partial charge in [0.2, 0.25) is 15.9 Å². The second-order valence-electron chi connectivity index (χ2n) is 6.96. The number of nitrogens with one attached hydrogen (secondary N) is 1. The van der Waals surface area contributed by atoms with Crippen molar-refractivity contribution < 1.29 is 22.7 Å². The molecule has 2 aromatic rings. The van der Waals surface area contributed by atoms with E-state index in [2.05, 4.69) is 5.32 Å². The van der Waals surface area contributed by atoms with Crippen LogP contribution in [0.4, 0.5) is 0 Å². The van der Waals surface area contributed by atoms with Crippen LogP contribution in [0.15, 0.2) is 48.5 Å². The molecule has 0 aliphatic rings. The molecule has 0 radical (unpaired) electrons. The van der Waals surface area contributed by atoms with E-state index in [1.807, 2.05) is 26.0 Å². The predicted molar refractivity (Wildman–Crippen MR) is 112 cm³/mol. The van der Waals surface area contributed by atoms with Crippen LogP contribution in [0, 0.1) is 0 Å². The Kier molecular flexibility index (Phi) is 7.64. The van der Waals surface area contributed by atoms with Crippen LogP contribution >= 0.6 is 0 Å². The first-order valence-corrected chi connectivity index (χ1v) is 11.1. The zero-order chi connectivity index (χ0) is 21.6. The average molecular weight is 421 g/mol. The molecule has 1 N–H and O–H groups in total. The minimum atomic E-state index is -3.57. The summed E-state index contributed by atoms with van der Waals surface area (Å²) < 4.78 is 36.2.